The fourth-order valence-corrected chi connectivity index (χ4v) is 1.61. The van der Waals surface area contributed by atoms with Gasteiger partial charge in [0.25, 0.3) is 5.91 Å². The Kier molecular flexibility index (Phi) is 5.11. The highest BCUT2D eigenvalue weighted by Crippen LogP contribution is 2.08. The second-order valence-electron chi connectivity index (χ2n) is 4.23. The molecule has 2 N–H and O–H groups in total. The zero-order valence-electron chi connectivity index (χ0n) is 11.4. The third-order valence-electron chi connectivity index (χ3n) is 2.69. The maximum absolute atomic E-state index is 11.7. The average molecular weight is 274 g/mol. The van der Waals surface area contributed by atoms with Gasteiger partial charge in [-0.3, -0.25) is 9.89 Å². The zero-order valence-corrected chi connectivity index (χ0v) is 11.4. The van der Waals surface area contributed by atoms with Crippen LogP contribution < -0.4 is 10.1 Å². The van der Waals surface area contributed by atoms with E-state index in [1.165, 1.54) is 0 Å². The van der Waals surface area contributed by atoms with E-state index in [0.717, 1.165) is 18.6 Å². The zero-order chi connectivity index (χ0) is 14.2. The highest BCUT2D eigenvalue weighted by atomic mass is 16.5. The van der Waals surface area contributed by atoms with Crippen molar-refractivity contribution in [2.45, 2.75) is 19.8 Å². The topological polar surface area (TPSA) is 79.9 Å². The lowest BCUT2D eigenvalue weighted by Gasteiger charge is -2.06. The van der Waals surface area contributed by atoms with Gasteiger partial charge in [0.1, 0.15) is 11.6 Å². The number of carbonyl (C=O) groups excluding carboxylic acids is 1. The van der Waals surface area contributed by atoms with Crippen LogP contribution in [0.3, 0.4) is 0 Å². The largest absolute Gasteiger partial charge is 0.494 e. The number of aromatic amines is 1. The molecule has 1 amide bonds. The predicted octanol–water partition coefficient (Wildman–Crippen LogP) is 1.57. The SMILES string of the molecule is CCc1nc(C(=O)NCCCOc2ccccc2)n[nH]1. The molecule has 0 aliphatic rings. The number of aryl methyl sites for hydroxylation is 1. The monoisotopic (exact) mass is 274 g/mol. The molecule has 0 aliphatic carbocycles. The first-order chi connectivity index (χ1) is 9.79. The number of rotatable bonds is 7. The lowest BCUT2D eigenvalue weighted by Crippen LogP contribution is -2.26. The van der Waals surface area contributed by atoms with Crippen LogP contribution in [0.5, 0.6) is 5.75 Å². The number of benzene rings is 1. The maximum Gasteiger partial charge on any atom is 0.290 e. The van der Waals surface area contributed by atoms with Crippen LogP contribution in [-0.4, -0.2) is 34.2 Å². The van der Waals surface area contributed by atoms with Gasteiger partial charge in [-0.15, -0.1) is 5.10 Å². The van der Waals surface area contributed by atoms with E-state index in [0.29, 0.717) is 19.0 Å². The number of ether oxygens (including phenoxy) is 1. The van der Waals surface area contributed by atoms with Crippen molar-refractivity contribution in [1.82, 2.24) is 20.5 Å². The van der Waals surface area contributed by atoms with E-state index in [4.69, 9.17) is 4.74 Å². The van der Waals surface area contributed by atoms with Crippen LogP contribution in [0.15, 0.2) is 30.3 Å². The van der Waals surface area contributed by atoms with Gasteiger partial charge in [0.2, 0.25) is 5.82 Å². The van der Waals surface area contributed by atoms with Crippen LogP contribution >= 0.6 is 0 Å². The molecular weight excluding hydrogens is 256 g/mol. The Hall–Kier alpha value is -2.37. The van der Waals surface area contributed by atoms with Crippen LogP contribution in [0.4, 0.5) is 0 Å². The predicted molar refractivity (Wildman–Crippen MR) is 74.6 cm³/mol. The van der Waals surface area contributed by atoms with Gasteiger partial charge in [0.15, 0.2) is 0 Å². The molecule has 0 saturated heterocycles. The molecule has 0 atom stereocenters. The third-order valence-corrected chi connectivity index (χ3v) is 2.69. The first-order valence-corrected chi connectivity index (χ1v) is 6.67. The Morgan fingerprint density at radius 3 is 2.85 bits per heavy atom. The highest BCUT2D eigenvalue weighted by molar-refractivity contribution is 5.90. The summed E-state index contributed by atoms with van der Waals surface area (Å²) in [6, 6.07) is 9.59. The van der Waals surface area contributed by atoms with Gasteiger partial charge in [-0.1, -0.05) is 25.1 Å². The molecule has 1 aromatic heterocycles. The van der Waals surface area contributed by atoms with Crippen molar-refractivity contribution in [1.29, 1.82) is 0 Å². The second-order valence-corrected chi connectivity index (χ2v) is 4.23. The Morgan fingerprint density at radius 1 is 1.35 bits per heavy atom. The van der Waals surface area contributed by atoms with Crippen LogP contribution in [0, 0.1) is 0 Å². The number of aromatic nitrogens is 3. The maximum atomic E-state index is 11.7. The molecule has 0 spiro atoms. The quantitative estimate of drug-likeness (QED) is 0.751. The molecule has 20 heavy (non-hydrogen) atoms. The minimum absolute atomic E-state index is 0.186. The summed E-state index contributed by atoms with van der Waals surface area (Å²) in [4.78, 5) is 15.8. The minimum Gasteiger partial charge on any atom is -0.494 e. The summed E-state index contributed by atoms with van der Waals surface area (Å²) < 4.78 is 5.53. The standard InChI is InChI=1S/C14H18N4O2/c1-2-12-16-13(18-17-12)14(19)15-9-6-10-20-11-7-4-3-5-8-11/h3-5,7-8H,2,6,9-10H2,1H3,(H,15,19)(H,16,17,18). The molecule has 2 rings (SSSR count). The van der Waals surface area contributed by atoms with Crippen molar-refractivity contribution in [3.8, 4) is 5.75 Å². The first kappa shape index (κ1) is 14.0. The fourth-order valence-electron chi connectivity index (χ4n) is 1.61. The van der Waals surface area contributed by atoms with Crippen molar-refractivity contribution >= 4 is 5.91 Å². The van der Waals surface area contributed by atoms with Crippen molar-refractivity contribution in [2.24, 2.45) is 0 Å². The van der Waals surface area contributed by atoms with Crippen LogP contribution in [0.2, 0.25) is 0 Å². The number of para-hydroxylation sites is 1. The second kappa shape index (κ2) is 7.28. The number of nitrogens with one attached hydrogen (secondary N) is 2. The summed E-state index contributed by atoms with van der Waals surface area (Å²) in [7, 11) is 0. The van der Waals surface area contributed by atoms with Crippen LogP contribution in [-0.2, 0) is 6.42 Å². The molecule has 0 aliphatic heterocycles. The average Bonchev–Trinajstić information content (AvgIpc) is 2.97. The van der Waals surface area contributed by atoms with Gasteiger partial charge in [-0.05, 0) is 18.6 Å². The van der Waals surface area contributed by atoms with Crippen LogP contribution in [0.25, 0.3) is 0 Å². The molecule has 0 radical (unpaired) electrons. The molecule has 2 aromatic rings. The lowest BCUT2D eigenvalue weighted by molar-refractivity contribution is 0.0941. The lowest BCUT2D eigenvalue weighted by atomic mass is 10.3. The molecule has 0 saturated carbocycles. The summed E-state index contributed by atoms with van der Waals surface area (Å²) in [6.45, 7) is 3.03. The van der Waals surface area contributed by atoms with E-state index in [-0.39, 0.29) is 11.7 Å². The van der Waals surface area contributed by atoms with E-state index < -0.39 is 0 Å². The molecular formula is C14H18N4O2. The Morgan fingerprint density at radius 2 is 2.15 bits per heavy atom. The Balaban J connectivity index is 1.64. The molecule has 0 fully saturated rings. The van der Waals surface area contributed by atoms with Gasteiger partial charge < -0.3 is 10.1 Å². The molecule has 6 heteroatoms. The minimum atomic E-state index is -0.263. The van der Waals surface area contributed by atoms with Crippen molar-refractivity contribution in [2.75, 3.05) is 13.2 Å². The summed E-state index contributed by atoms with van der Waals surface area (Å²) in [6.07, 6.45) is 1.46. The summed E-state index contributed by atoms with van der Waals surface area (Å²) in [5.74, 6) is 1.47. The van der Waals surface area contributed by atoms with Gasteiger partial charge in [-0.25, -0.2) is 4.98 Å². The van der Waals surface area contributed by atoms with Crippen LogP contribution in [0.1, 0.15) is 29.8 Å². The number of amides is 1. The number of hydrogen-bond donors (Lipinski definition) is 2. The Bertz CT molecular complexity index is 539. The molecule has 1 aromatic carbocycles. The Labute approximate surface area is 117 Å². The highest BCUT2D eigenvalue weighted by Gasteiger charge is 2.10. The molecule has 1 heterocycles. The van der Waals surface area contributed by atoms with Gasteiger partial charge in [-0.2, -0.15) is 0 Å². The smallest absolute Gasteiger partial charge is 0.290 e. The van der Waals surface area contributed by atoms with Gasteiger partial charge >= 0.3 is 0 Å². The normalized spacial score (nSPS) is 10.2. The van der Waals surface area contributed by atoms with E-state index in [9.17, 15) is 4.79 Å². The third kappa shape index (κ3) is 4.08. The van der Waals surface area contributed by atoms with Crippen molar-refractivity contribution < 1.29 is 9.53 Å². The number of hydrogen-bond acceptors (Lipinski definition) is 4. The van der Waals surface area contributed by atoms with E-state index in [1.807, 2.05) is 37.3 Å². The van der Waals surface area contributed by atoms with E-state index in [1.54, 1.807) is 0 Å². The number of H-pyrrole nitrogens is 1. The van der Waals surface area contributed by atoms with E-state index >= 15 is 0 Å². The number of carbonyl (C=O) groups is 1. The first-order valence-electron chi connectivity index (χ1n) is 6.67. The molecule has 106 valence electrons. The van der Waals surface area contributed by atoms with Crippen molar-refractivity contribution in [3.63, 3.8) is 0 Å². The van der Waals surface area contributed by atoms with Gasteiger partial charge in [0.05, 0.1) is 6.61 Å². The fraction of sp³-hybridized carbons (Fsp3) is 0.357. The summed E-state index contributed by atoms with van der Waals surface area (Å²) >= 11 is 0. The molecule has 0 bridgehead atoms. The molecule has 0 unspecified atom stereocenters. The van der Waals surface area contributed by atoms with E-state index in [2.05, 4.69) is 20.5 Å². The van der Waals surface area contributed by atoms with Gasteiger partial charge in [0, 0.05) is 13.0 Å². The number of nitrogens with zero attached hydrogens (tertiary/aromatic N) is 2. The molecule has 6 nitrogen and oxygen atoms in total. The summed E-state index contributed by atoms with van der Waals surface area (Å²) in [5, 5.41) is 9.33. The van der Waals surface area contributed by atoms with Crippen molar-refractivity contribution in [3.05, 3.63) is 42.0 Å². The summed E-state index contributed by atoms with van der Waals surface area (Å²) in [5.41, 5.74) is 0.